The van der Waals surface area contributed by atoms with E-state index >= 15 is 0 Å². The smallest absolute Gasteiger partial charge is 0.137 e. The summed E-state index contributed by atoms with van der Waals surface area (Å²) in [5, 5.41) is 3.28. The molecule has 0 saturated carbocycles. The molecule has 0 aliphatic carbocycles. The van der Waals surface area contributed by atoms with E-state index in [1.807, 2.05) is 0 Å². The zero-order valence-electron chi connectivity index (χ0n) is 11.1. The Hall–Kier alpha value is -0.480. The van der Waals surface area contributed by atoms with Crippen LogP contribution < -0.4 is 5.32 Å². The summed E-state index contributed by atoms with van der Waals surface area (Å²) in [7, 11) is 0. The van der Waals surface area contributed by atoms with Crippen LogP contribution in [-0.4, -0.2) is 13.1 Å². The van der Waals surface area contributed by atoms with Crippen LogP contribution in [0.2, 0.25) is 0 Å². The molecule has 0 fully saturated rings. The molecule has 102 valence electrons. The van der Waals surface area contributed by atoms with Gasteiger partial charge in [-0.05, 0) is 58.4 Å². The maximum atomic E-state index is 13.6. The molecule has 0 aliphatic heterocycles. The summed E-state index contributed by atoms with van der Waals surface area (Å²) in [5.74, 6) is -0.751. The van der Waals surface area contributed by atoms with Gasteiger partial charge in [0, 0.05) is 6.54 Å². The van der Waals surface area contributed by atoms with E-state index in [0.717, 1.165) is 19.5 Å². The van der Waals surface area contributed by atoms with Crippen LogP contribution in [0.25, 0.3) is 0 Å². The monoisotopic (exact) mass is 319 g/mol. The first-order chi connectivity index (χ1) is 8.35. The van der Waals surface area contributed by atoms with Crippen molar-refractivity contribution in [3.05, 3.63) is 33.8 Å². The average Bonchev–Trinajstić information content (AvgIpc) is 2.30. The number of hydrogen-bond acceptors (Lipinski definition) is 1. The zero-order valence-corrected chi connectivity index (χ0v) is 12.7. The number of nitrogens with one attached hydrogen (secondary N) is 1. The van der Waals surface area contributed by atoms with Crippen molar-refractivity contribution in [2.75, 3.05) is 13.1 Å². The van der Waals surface area contributed by atoms with Crippen molar-refractivity contribution in [3.8, 4) is 0 Å². The highest BCUT2D eigenvalue weighted by Crippen LogP contribution is 2.25. The van der Waals surface area contributed by atoms with Gasteiger partial charge in [-0.15, -0.1) is 0 Å². The lowest BCUT2D eigenvalue weighted by Gasteiger charge is -2.25. The third-order valence-corrected chi connectivity index (χ3v) is 3.62. The lowest BCUT2D eigenvalue weighted by molar-refractivity contribution is 0.316. The summed E-state index contributed by atoms with van der Waals surface area (Å²) in [6.45, 7) is 8.11. The van der Waals surface area contributed by atoms with Crippen LogP contribution in [0, 0.1) is 17.0 Å². The maximum absolute atomic E-state index is 13.6. The van der Waals surface area contributed by atoms with E-state index in [2.05, 4.69) is 42.0 Å². The van der Waals surface area contributed by atoms with Crippen LogP contribution in [0.1, 0.15) is 32.8 Å². The molecule has 1 rings (SSSR count). The Morgan fingerprint density at radius 2 is 1.89 bits per heavy atom. The fourth-order valence-electron chi connectivity index (χ4n) is 1.78. The summed E-state index contributed by atoms with van der Waals surface area (Å²) in [6, 6.07) is 2.48. The molecule has 0 atom stereocenters. The molecule has 0 aromatic heterocycles. The lowest BCUT2D eigenvalue weighted by atomic mass is 9.86. The van der Waals surface area contributed by atoms with Crippen molar-refractivity contribution >= 4 is 15.9 Å². The first-order valence-corrected chi connectivity index (χ1v) is 6.99. The summed E-state index contributed by atoms with van der Waals surface area (Å²) in [6.07, 6.45) is 1.37. The van der Waals surface area contributed by atoms with Gasteiger partial charge in [-0.3, -0.25) is 0 Å². The molecule has 4 heteroatoms. The van der Waals surface area contributed by atoms with Crippen molar-refractivity contribution in [3.63, 3.8) is 0 Å². The topological polar surface area (TPSA) is 12.0 Å². The molecule has 0 bridgehead atoms. The molecular weight excluding hydrogens is 300 g/mol. The van der Waals surface area contributed by atoms with Gasteiger partial charge >= 0.3 is 0 Å². The molecule has 0 unspecified atom stereocenters. The third-order valence-electron chi connectivity index (χ3n) is 3.01. The summed E-state index contributed by atoms with van der Waals surface area (Å²) >= 11 is 2.98. The van der Waals surface area contributed by atoms with E-state index in [9.17, 15) is 8.78 Å². The second-order valence-electron chi connectivity index (χ2n) is 5.30. The van der Waals surface area contributed by atoms with Crippen molar-refractivity contribution in [2.24, 2.45) is 5.41 Å². The van der Waals surface area contributed by atoms with Gasteiger partial charge in [0.05, 0.1) is 4.47 Å². The fraction of sp³-hybridized carbons (Fsp3) is 0.571. The molecule has 1 aromatic rings. The fourth-order valence-corrected chi connectivity index (χ4v) is 2.10. The minimum Gasteiger partial charge on any atom is -0.316 e. The van der Waals surface area contributed by atoms with E-state index in [4.69, 9.17) is 0 Å². The number of benzene rings is 1. The van der Waals surface area contributed by atoms with Crippen LogP contribution in [0.15, 0.2) is 16.6 Å². The lowest BCUT2D eigenvalue weighted by Crippen LogP contribution is -2.29. The van der Waals surface area contributed by atoms with Crippen molar-refractivity contribution < 1.29 is 8.78 Å². The molecule has 1 nitrogen and oxygen atoms in total. The van der Waals surface area contributed by atoms with Crippen LogP contribution in [0.4, 0.5) is 8.78 Å². The summed E-state index contributed by atoms with van der Waals surface area (Å²) in [4.78, 5) is 0. The first-order valence-electron chi connectivity index (χ1n) is 6.20. The Morgan fingerprint density at radius 3 is 2.50 bits per heavy atom. The minimum absolute atomic E-state index is 0.0754. The van der Waals surface area contributed by atoms with Crippen molar-refractivity contribution in [2.45, 2.75) is 33.6 Å². The number of halogens is 3. The van der Waals surface area contributed by atoms with E-state index in [-0.39, 0.29) is 15.7 Å². The van der Waals surface area contributed by atoms with Gasteiger partial charge in [0.15, 0.2) is 0 Å². The largest absolute Gasteiger partial charge is 0.316 e. The van der Waals surface area contributed by atoms with E-state index in [0.29, 0.717) is 12.0 Å². The molecule has 0 saturated heterocycles. The molecule has 0 heterocycles. The van der Waals surface area contributed by atoms with Gasteiger partial charge in [0.1, 0.15) is 11.6 Å². The highest BCUT2D eigenvalue weighted by atomic mass is 79.9. The van der Waals surface area contributed by atoms with Crippen LogP contribution >= 0.6 is 15.9 Å². The van der Waals surface area contributed by atoms with Crippen molar-refractivity contribution in [1.29, 1.82) is 0 Å². The number of hydrogen-bond donors (Lipinski definition) is 1. The zero-order chi connectivity index (χ0) is 13.8. The standard InChI is InChI=1S/C14H20BrF2N/c1-4-18-9-14(2,3)6-5-10-7-13(17)11(15)8-12(10)16/h7-8,18H,4-6,9H2,1-3H3. The van der Waals surface area contributed by atoms with Gasteiger partial charge in [-0.1, -0.05) is 20.8 Å². The molecule has 0 aliphatic rings. The van der Waals surface area contributed by atoms with Crippen LogP contribution in [0.3, 0.4) is 0 Å². The second kappa shape index (κ2) is 6.62. The Balaban J connectivity index is 2.66. The number of aryl methyl sites for hydroxylation is 1. The molecule has 0 radical (unpaired) electrons. The van der Waals surface area contributed by atoms with Gasteiger partial charge in [0.2, 0.25) is 0 Å². The third kappa shape index (κ3) is 4.65. The Morgan fingerprint density at radius 1 is 1.22 bits per heavy atom. The minimum atomic E-state index is -0.407. The molecule has 0 amide bonds. The van der Waals surface area contributed by atoms with Crippen LogP contribution in [-0.2, 0) is 6.42 Å². The Kier molecular flexibility index (Phi) is 5.73. The second-order valence-corrected chi connectivity index (χ2v) is 6.16. The molecule has 0 spiro atoms. The number of rotatable bonds is 6. The summed E-state index contributed by atoms with van der Waals surface area (Å²) in [5.41, 5.74) is 0.520. The summed E-state index contributed by atoms with van der Waals surface area (Å²) < 4.78 is 27.2. The van der Waals surface area contributed by atoms with Gasteiger partial charge in [-0.25, -0.2) is 8.78 Å². The van der Waals surface area contributed by atoms with Gasteiger partial charge < -0.3 is 5.32 Å². The van der Waals surface area contributed by atoms with Gasteiger partial charge in [0.25, 0.3) is 0 Å². The van der Waals surface area contributed by atoms with Crippen molar-refractivity contribution in [1.82, 2.24) is 5.32 Å². The SMILES string of the molecule is CCNCC(C)(C)CCc1cc(F)c(Br)cc1F. The molecular formula is C14H20BrF2N. The van der Waals surface area contributed by atoms with E-state index < -0.39 is 5.82 Å². The predicted molar refractivity (Wildman–Crippen MR) is 74.7 cm³/mol. The highest BCUT2D eigenvalue weighted by molar-refractivity contribution is 9.10. The molecule has 1 aromatic carbocycles. The van der Waals surface area contributed by atoms with Crippen LogP contribution in [0.5, 0.6) is 0 Å². The van der Waals surface area contributed by atoms with E-state index in [1.54, 1.807) is 0 Å². The normalized spacial score (nSPS) is 11.9. The molecule has 18 heavy (non-hydrogen) atoms. The van der Waals surface area contributed by atoms with Gasteiger partial charge in [-0.2, -0.15) is 0 Å². The predicted octanol–water partition coefficient (Wildman–Crippen LogP) is 4.30. The quantitative estimate of drug-likeness (QED) is 0.771. The Labute approximate surface area is 116 Å². The molecule has 1 N–H and O–H groups in total. The first kappa shape index (κ1) is 15.6. The van der Waals surface area contributed by atoms with E-state index in [1.165, 1.54) is 12.1 Å². The Bertz CT molecular complexity index is 405. The average molecular weight is 320 g/mol. The maximum Gasteiger partial charge on any atom is 0.137 e. The highest BCUT2D eigenvalue weighted by Gasteiger charge is 2.18.